The quantitative estimate of drug-likeness (QED) is 0.373. The van der Waals surface area contributed by atoms with Crippen molar-refractivity contribution in [2.45, 2.75) is 35.7 Å². The summed E-state index contributed by atoms with van der Waals surface area (Å²) in [6.07, 6.45) is 2.60. The van der Waals surface area contributed by atoms with E-state index in [-0.39, 0.29) is 17.8 Å². The number of rotatable bonds is 8. The van der Waals surface area contributed by atoms with Gasteiger partial charge in [-0.05, 0) is 48.2 Å². The number of nitrogens with one attached hydrogen (secondary N) is 1. The first-order chi connectivity index (χ1) is 16.2. The minimum absolute atomic E-state index is 0.0352. The molecule has 1 saturated carbocycles. The van der Waals surface area contributed by atoms with Gasteiger partial charge in [0.1, 0.15) is 16.9 Å². The summed E-state index contributed by atoms with van der Waals surface area (Å²) in [5.74, 6) is 0.383. The second-order valence-corrected chi connectivity index (χ2v) is 9.14. The molecule has 0 radical (unpaired) electrons. The van der Waals surface area contributed by atoms with Crippen LogP contribution in [0, 0.1) is 5.82 Å². The third-order valence-corrected chi connectivity index (χ3v) is 6.67. The van der Waals surface area contributed by atoms with E-state index < -0.39 is 5.25 Å². The largest absolute Gasteiger partial charge is 0.352 e. The Morgan fingerprint density at radius 1 is 0.970 bits per heavy atom. The van der Waals surface area contributed by atoms with Crippen LogP contribution in [0.15, 0.2) is 90.1 Å². The van der Waals surface area contributed by atoms with E-state index in [1.807, 2.05) is 65.2 Å². The fourth-order valence-corrected chi connectivity index (χ4v) is 4.71. The molecule has 1 heterocycles. The van der Waals surface area contributed by atoms with Gasteiger partial charge in [0.05, 0.1) is 0 Å². The molecule has 0 bridgehead atoms. The van der Waals surface area contributed by atoms with Crippen LogP contribution in [0.1, 0.15) is 35.0 Å². The smallest absolute Gasteiger partial charge is 0.238 e. The minimum Gasteiger partial charge on any atom is -0.352 e. The maximum Gasteiger partial charge on any atom is 0.238 e. The summed E-state index contributed by atoms with van der Waals surface area (Å²) in [5, 5.41) is 12.1. The number of halogens is 1. The van der Waals surface area contributed by atoms with E-state index in [9.17, 15) is 9.18 Å². The van der Waals surface area contributed by atoms with E-state index in [1.54, 1.807) is 12.1 Å². The molecule has 1 amide bonds. The Bertz CT molecular complexity index is 1220. The van der Waals surface area contributed by atoms with E-state index in [1.165, 1.54) is 23.9 Å². The van der Waals surface area contributed by atoms with Crippen molar-refractivity contribution < 1.29 is 9.18 Å². The van der Waals surface area contributed by atoms with Crippen molar-refractivity contribution in [3.05, 3.63) is 108 Å². The Labute approximate surface area is 196 Å². The van der Waals surface area contributed by atoms with Gasteiger partial charge in [-0.15, -0.1) is 10.2 Å². The highest BCUT2D eigenvalue weighted by Gasteiger charge is 2.31. The lowest BCUT2D eigenvalue weighted by molar-refractivity contribution is -0.120. The van der Waals surface area contributed by atoms with Gasteiger partial charge in [-0.1, -0.05) is 72.4 Å². The molecular weight excluding hydrogens is 435 g/mol. The molecule has 1 aromatic heterocycles. The third kappa shape index (κ3) is 5.14. The second kappa shape index (κ2) is 9.58. The van der Waals surface area contributed by atoms with E-state index in [0.29, 0.717) is 11.6 Å². The maximum absolute atomic E-state index is 13.6. The zero-order chi connectivity index (χ0) is 22.6. The van der Waals surface area contributed by atoms with Crippen LogP contribution in [0.25, 0.3) is 5.69 Å². The molecule has 1 unspecified atom stereocenters. The molecule has 4 aromatic rings. The summed E-state index contributed by atoms with van der Waals surface area (Å²) in [4.78, 5) is 13.1. The molecule has 166 valence electrons. The highest BCUT2D eigenvalue weighted by atomic mass is 32.2. The number of nitrogens with zero attached hydrogens (tertiary/aromatic N) is 3. The standard InChI is InChI=1S/C26H23FN4OS/c27-20-11-15-22(16-12-20)31-23(17-18-7-3-1-4-8-18)29-30-26(31)33-24(19-9-5-2-6-10-19)25(32)28-21-13-14-21/h1-12,15-16,21,24H,13-14,17H2,(H,28,32). The van der Waals surface area contributed by atoms with E-state index >= 15 is 0 Å². The van der Waals surface area contributed by atoms with Crippen molar-refractivity contribution in [2.75, 3.05) is 0 Å². The van der Waals surface area contributed by atoms with Crippen molar-refractivity contribution >= 4 is 17.7 Å². The van der Waals surface area contributed by atoms with Gasteiger partial charge in [0.25, 0.3) is 0 Å². The molecule has 1 aliphatic carbocycles. The number of carbonyl (C=O) groups excluding carboxylic acids is 1. The van der Waals surface area contributed by atoms with Crippen LogP contribution in [0.5, 0.6) is 0 Å². The Morgan fingerprint density at radius 3 is 2.30 bits per heavy atom. The summed E-state index contributed by atoms with van der Waals surface area (Å²) in [6.45, 7) is 0. The van der Waals surface area contributed by atoms with Crippen LogP contribution >= 0.6 is 11.8 Å². The first-order valence-corrected chi connectivity index (χ1v) is 11.8. The van der Waals surface area contributed by atoms with Crippen molar-refractivity contribution in [1.29, 1.82) is 0 Å². The molecule has 1 N–H and O–H groups in total. The van der Waals surface area contributed by atoms with Crippen LogP contribution in [0.3, 0.4) is 0 Å². The molecule has 1 atom stereocenters. The van der Waals surface area contributed by atoms with Gasteiger partial charge in [-0.2, -0.15) is 0 Å². The highest BCUT2D eigenvalue weighted by molar-refractivity contribution is 8.00. The molecule has 0 saturated heterocycles. The number of benzene rings is 3. The zero-order valence-electron chi connectivity index (χ0n) is 17.9. The van der Waals surface area contributed by atoms with Crippen LogP contribution in [-0.4, -0.2) is 26.7 Å². The Hall–Kier alpha value is -3.45. The summed E-state index contributed by atoms with van der Waals surface area (Å²) in [7, 11) is 0. The number of aromatic nitrogens is 3. The molecule has 1 aliphatic rings. The average molecular weight is 459 g/mol. The molecule has 0 spiro atoms. The monoisotopic (exact) mass is 458 g/mol. The van der Waals surface area contributed by atoms with Crippen LogP contribution < -0.4 is 5.32 Å². The summed E-state index contributed by atoms with van der Waals surface area (Å²) < 4.78 is 15.6. The molecule has 7 heteroatoms. The lowest BCUT2D eigenvalue weighted by Gasteiger charge is -2.17. The molecule has 3 aromatic carbocycles. The topological polar surface area (TPSA) is 59.8 Å². The average Bonchev–Trinajstić information content (AvgIpc) is 3.58. The molecular formula is C26H23FN4OS. The van der Waals surface area contributed by atoms with E-state index in [0.717, 1.165) is 35.5 Å². The lowest BCUT2D eigenvalue weighted by atomic mass is 10.1. The number of thioether (sulfide) groups is 1. The normalized spacial score (nSPS) is 14.1. The number of hydrogen-bond donors (Lipinski definition) is 1. The van der Waals surface area contributed by atoms with Gasteiger partial charge in [0, 0.05) is 18.2 Å². The molecule has 5 nitrogen and oxygen atoms in total. The Balaban J connectivity index is 1.52. The number of hydrogen-bond acceptors (Lipinski definition) is 4. The molecule has 1 fully saturated rings. The second-order valence-electron chi connectivity index (χ2n) is 8.06. The minimum atomic E-state index is -0.472. The van der Waals surface area contributed by atoms with Crippen LogP contribution in [-0.2, 0) is 11.2 Å². The van der Waals surface area contributed by atoms with Crippen molar-refractivity contribution in [2.24, 2.45) is 0 Å². The SMILES string of the molecule is O=C(NC1CC1)C(Sc1nnc(Cc2ccccc2)n1-c1ccc(F)cc1)c1ccccc1. The van der Waals surface area contributed by atoms with Crippen LogP contribution in [0.4, 0.5) is 4.39 Å². The van der Waals surface area contributed by atoms with Crippen molar-refractivity contribution in [3.8, 4) is 5.69 Å². The first kappa shape index (κ1) is 21.4. The van der Waals surface area contributed by atoms with Gasteiger partial charge < -0.3 is 5.32 Å². The number of amides is 1. The van der Waals surface area contributed by atoms with Gasteiger partial charge >= 0.3 is 0 Å². The van der Waals surface area contributed by atoms with E-state index in [4.69, 9.17) is 0 Å². The molecule has 0 aliphatic heterocycles. The highest BCUT2D eigenvalue weighted by Crippen LogP contribution is 2.37. The van der Waals surface area contributed by atoms with Crippen molar-refractivity contribution in [3.63, 3.8) is 0 Å². The lowest BCUT2D eigenvalue weighted by Crippen LogP contribution is -2.30. The van der Waals surface area contributed by atoms with Crippen molar-refractivity contribution in [1.82, 2.24) is 20.1 Å². The molecule has 33 heavy (non-hydrogen) atoms. The van der Waals surface area contributed by atoms with Gasteiger partial charge in [-0.25, -0.2) is 4.39 Å². The fourth-order valence-electron chi connectivity index (χ4n) is 3.63. The Morgan fingerprint density at radius 2 is 1.64 bits per heavy atom. The maximum atomic E-state index is 13.6. The third-order valence-electron chi connectivity index (χ3n) is 5.48. The Kier molecular flexibility index (Phi) is 6.21. The van der Waals surface area contributed by atoms with Gasteiger partial charge in [0.15, 0.2) is 5.16 Å². The van der Waals surface area contributed by atoms with Crippen LogP contribution in [0.2, 0.25) is 0 Å². The predicted molar refractivity (Wildman–Crippen MR) is 127 cm³/mol. The predicted octanol–water partition coefficient (Wildman–Crippen LogP) is 5.11. The summed E-state index contributed by atoms with van der Waals surface area (Å²) in [5.41, 5.74) is 2.75. The van der Waals surface area contributed by atoms with E-state index in [2.05, 4.69) is 15.5 Å². The van der Waals surface area contributed by atoms with Gasteiger partial charge in [0.2, 0.25) is 5.91 Å². The summed E-state index contributed by atoms with van der Waals surface area (Å²) in [6, 6.07) is 26.2. The zero-order valence-corrected chi connectivity index (χ0v) is 18.7. The fraction of sp³-hybridized carbons (Fsp3) is 0.192. The summed E-state index contributed by atoms with van der Waals surface area (Å²) >= 11 is 1.36. The number of carbonyl (C=O) groups is 1. The first-order valence-electron chi connectivity index (χ1n) is 10.9. The molecule has 5 rings (SSSR count). The van der Waals surface area contributed by atoms with Gasteiger partial charge in [-0.3, -0.25) is 9.36 Å².